The summed E-state index contributed by atoms with van der Waals surface area (Å²) in [6, 6.07) is 9.88. The van der Waals surface area contributed by atoms with E-state index in [0.717, 1.165) is 31.7 Å². The molecule has 29 heavy (non-hydrogen) atoms. The Morgan fingerprint density at radius 2 is 1.62 bits per heavy atom. The number of hydrogen-bond acceptors (Lipinski definition) is 4. The maximum atomic E-state index is 13.3. The van der Waals surface area contributed by atoms with Gasteiger partial charge in [-0.1, -0.05) is 53.0 Å². The van der Waals surface area contributed by atoms with Crippen molar-refractivity contribution in [2.75, 3.05) is 33.2 Å². The van der Waals surface area contributed by atoms with Crippen LogP contribution in [0.2, 0.25) is 15.1 Å². The van der Waals surface area contributed by atoms with Crippen LogP contribution in [0.15, 0.2) is 47.5 Å². The van der Waals surface area contributed by atoms with E-state index in [9.17, 15) is 8.42 Å². The van der Waals surface area contributed by atoms with Crippen LogP contribution in [0.1, 0.15) is 5.56 Å². The summed E-state index contributed by atoms with van der Waals surface area (Å²) in [5.41, 5.74) is 1.24. The SMILES string of the molecule is CN1CCN(Cc2cn(S(=O)(=O)c3ccccc3)c3cc(Cl)c(Cl)c(Cl)c23)CC1. The molecule has 0 N–H and O–H groups in total. The standard InChI is InChI=1S/C20H20Cl3N3O2S/c1-24-7-9-25(10-8-24)12-14-13-26(29(27,28)15-5-3-2-4-6-15)17-11-16(21)19(22)20(23)18(14)17/h2-6,11,13H,7-10,12H2,1H3. The third kappa shape index (κ3) is 3.90. The fourth-order valence-corrected chi connectivity index (χ4v) is 5.72. The van der Waals surface area contributed by atoms with Crippen LogP contribution in [0, 0.1) is 0 Å². The second-order valence-electron chi connectivity index (χ2n) is 7.23. The zero-order chi connectivity index (χ0) is 20.8. The molecule has 0 unspecified atom stereocenters. The second-order valence-corrected chi connectivity index (χ2v) is 10.2. The van der Waals surface area contributed by atoms with Crippen molar-refractivity contribution in [1.29, 1.82) is 0 Å². The second kappa shape index (κ2) is 8.10. The summed E-state index contributed by atoms with van der Waals surface area (Å²) >= 11 is 19.1. The van der Waals surface area contributed by atoms with Crippen molar-refractivity contribution in [2.45, 2.75) is 11.4 Å². The van der Waals surface area contributed by atoms with E-state index in [0.29, 0.717) is 17.4 Å². The van der Waals surface area contributed by atoms with Crippen LogP contribution in [-0.4, -0.2) is 55.4 Å². The van der Waals surface area contributed by atoms with Gasteiger partial charge in [0.1, 0.15) is 0 Å². The molecule has 1 fully saturated rings. The molecule has 0 amide bonds. The fraction of sp³-hybridized carbons (Fsp3) is 0.300. The lowest BCUT2D eigenvalue weighted by atomic mass is 10.1. The molecule has 0 radical (unpaired) electrons. The van der Waals surface area contributed by atoms with Gasteiger partial charge in [-0.15, -0.1) is 0 Å². The van der Waals surface area contributed by atoms with Crippen LogP contribution < -0.4 is 0 Å². The number of hydrogen-bond donors (Lipinski definition) is 0. The van der Waals surface area contributed by atoms with Gasteiger partial charge in [0.15, 0.2) is 0 Å². The summed E-state index contributed by atoms with van der Waals surface area (Å²) < 4.78 is 27.9. The minimum absolute atomic E-state index is 0.199. The lowest BCUT2D eigenvalue weighted by molar-refractivity contribution is 0.148. The maximum Gasteiger partial charge on any atom is 0.268 e. The number of fused-ring (bicyclic) bond motifs is 1. The number of halogens is 3. The van der Waals surface area contributed by atoms with E-state index in [4.69, 9.17) is 34.8 Å². The van der Waals surface area contributed by atoms with Gasteiger partial charge < -0.3 is 4.90 Å². The van der Waals surface area contributed by atoms with Crippen molar-refractivity contribution in [1.82, 2.24) is 13.8 Å². The topological polar surface area (TPSA) is 45.5 Å². The Labute approximate surface area is 185 Å². The molecule has 2 aromatic carbocycles. The first-order valence-corrected chi connectivity index (χ1v) is 11.8. The Hall–Kier alpha value is -1.28. The van der Waals surface area contributed by atoms with E-state index in [1.54, 1.807) is 42.6 Å². The van der Waals surface area contributed by atoms with Gasteiger partial charge in [0, 0.05) is 44.3 Å². The molecule has 0 spiro atoms. The molecule has 154 valence electrons. The van der Waals surface area contributed by atoms with E-state index in [2.05, 4.69) is 16.8 Å². The number of aromatic nitrogens is 1. The highest BCUT2D eigenvalue weighted by Gasteiger charge is 2.26. The van der Waals surface area contributed by atoms with E-state index in [1.807, 2.05) is 0 Å². The van der Waals surface area contributed by atoms with Gasteiger partial charge in [0.2, 0.25) is 0 Å². The van der Waals surface area contributed by atoms with E-state index >= 15 is 0 Å². The van der Waals surface area contributed by atoms with Crippen molar-refractivity contribution in [3.63, 3.8) is 0 Å². The molecule has 1 saturated heterocycles. The van der Waals surface area contributed by atoms with Gasteiger partial charge in [-0.3, -0.25) is 4.90 Å². The van der Waals surface area contributed by atoms with Crippen molar-refractivity contribution >= 4 is 55.7 Å². The number of nitrogens with zero attached hydrogens (tertiary/aromatic N) is 3. The molecule has 2 heterocycles. The largest absolute Gasteiger partial charge is 0.304 e. The lowest BCUT2D eigenvalue weighted by Gasteiger charge is -2.32. The first-order valence-electron chi connectivity index (χ1n) is 9.18. The zero-order valence-electron chi connectivity index (χ0n) is 15.8. The highest BCUT2D eigenvalue weighted by molar-refractivity contribution is 7.90. The molecule has 0 bridgehead atoms. The number of likely N-dealkylation sites (N-methyl/N-ethyl adjacent to an activating group) is 1. The van der Waals surface area contributed by atoms with Gasteiger partial charge in [-0.05, 0) is 30.8 Å². The summed E-state index contributed by atoms with van der Waals surface area (Å²) in [5, 5.41) is 1.35. The predicted octanol–water partition coefficient (Wildman–Crippen LogP) is 4.59. The van der Waals surface area contributed by atoms with Crippen LogP contribution >= 0.6 is 34.8 Å². The summed E-state index contributed by atoms with van der Waals surface area (Å²) in [7, 11) is -1.72. The van der Waals surface area contributed by atoms with Gasteiger partial charge in [-0.25, -0.2) is 12.4 Å². The monoisotopic (exact) mass is 471 g/mol. The highest BCUT2D eigenvalue weighted by atomic mass is 35.5. The van der Waals surface area contributed by atoms with Crippen LogP contribution in [0.3, 0.4) is 0 Å². The average molecular weight is 473 g/mol. The van der Waals surface area contributed by atoms with Crippen LogP contribution in [0.25, 0.3) is 10.9 Å². The lowest BCUT2D eigenvalue weighted by Crippen LogP contribution is -2.43. The zero-order valence-corrected chi connectivity index (χ0v) is 18.9. The smallest absolute Gasteiger partial charge is 0.268 e. The quantitative estimate of drug-likeness (QED) is 0.521. The molecule has 1 aliphatic rings. The summed E-state index contributed by atoms with van der Waals surface area (Å²) in [6.07, 6.45) is 1.64. The average Bonchev–Trinajstić information content (AvgIpc) is 3.07. The Kier molecular flexibility index (Phi) is 5.86. The molecule has 9 heteroatoms. The molecule has 0 aliphatic carbocycles. The Balaban J connectivity index is 1.88. The number of rotatable bonds is 4. The van der Waals surface area contributed by atoms with Crippen molar-refractivity contribution in [2.24, 2.45) is 0 Å². The van der Waals surface area contributed by atoms with E-state index < -0.39 is 10.0 Å². The fourth-order valence-electron chi connectivity index (χ4n) is 3.61. The van der Waals surface area contributed by atoms with Crippen molar-refractivity contribution in [3.8, 4) is 0 Å². The predicted molar refractivity (Wildman–Crippen MR) is 119 cm³/mol. The third-order valence-corrected chi connectivity index (χ3v) is 8.21. The molecular weight excluding hydrogens is 453 g/mol. The van der Waals surface area contributed by atoms with Crippen molar-refractivity contribution < 1.29 is 8.42 Å². The minimum Gasteiger partial charge on any atom is -0.304 e. The summed E-state index contributed by atoms with van der Waals surface area (Å²) in [6.45, 7) is 4.29. The van der Waals surface area contributed by atoms with Gasteiger partial charge in [0.05, 0.1) is 25.5 Å². The summed E-state index contributed by atoms with van der Waals surface area (Å²) in [5.74, 6) is 0. The van der Waals surface area contributed by atoms with E-state index in [-0.39, 0.29) is 20.0 Å². The van der Waals surface area contributed by atoms with Crippen molar-refractivity contribution in [3.05, 3.63) is 63.2 Å². The highest BCUT2D eigenvalue weighted by Crippen LogP contribution is 2.40. The molecule has 1 aromatic heterocycles. The van der Waals surface area contributed by atoms with Gasteiger partial charge >= 0.3 is 0 Å². The molecular formula is C20H20Cl3N3O2S. The Morgan fingerprint density at radius 3 is 2.28 bits per heavy atom. The molecule has 5 nitrogen and oxygen atoms in total. The van der Waals surface area contributed by atoms with Crippen LogP contribution in [0.5, 0.6) is 0 Å². The van der Waals surface area contributed by atoms with Crippen LogP contribution in [-0.2, 0) is 16.6 Å². The third-order valence-electron chi connectivity index (χ3n) is 5.26. The molecule has 0 saturated carbocycles. The molecule has 3 aromatic rings. The van der Waals surface area contributed by atoms with Gasteiger partial charge in [-0.2, -0.15) is 0 Å². The Bertz CT molecular complexity index is 1150. The first-order chi connectivity index (χ1) is 13.8. The Morgan fingerprint density at radius 1 is 0.966 bits per heavy atom. The minimum atomic E-state index is -3.81. The van der Waals surface area contributed by atoms with E-state index in [1.165, 1.54) is 3.97 Å². The normalized spacial score (nSPS) is 16.6. The number of piperazine rings is 1. The molecule has 4 rings (SSSR count). The molecule has 1 aliphatic heterocycles. The summed E-state index contributed by atoms with van der Waals surface area (Å²) in [4.78, 5) is 4.75. The molecule has 0 atom stereocenters. The maximum absolute atomic E-state index is 13.3. The number of benzene rings is 2. The van der Waals surface area contributed by atoms with Gasteiger partial charge in [0.25, 0.3) is 10.0 Å². The first kappa shape index (κ1) is 21.0. The van der Waals surface area contributed by atoms with Crippen LogP contribution in [0.4, 0.5) is 0 Å².